The number of benzene rings is 3. The third-order valence-electron chi connectivity index (χ3n) is 4.44. The molecule has 0 atom stereocenters. The Morgan fingerprint density at radius 2 is 1.64 bits per heavy atom. The number of sulfonamides is 1. The maximum absolute atomic E-state index is 13.9. The fourth-order valence-corrected chi connectivity index (χ4v) is 4.90. The molecule has 0 saturated carbocycles. The molecule has 3 aromatic rings. The molecule has 33 heavy (non-hydrogen) atoms. The van der Waals surface area contributed by atoms with Gasteiger partial charge in [-0.2, -0.15) is 4.31 Å². The molecule has 0 aliphatic heterocycles. The number of anilines is 1. The highest BCUT2D eigenvalue weighted by Crippen LogP contribution is 2.26. The molecule has 0 spiro atoms. The fourth-order valence-electron chi connectivity index (χ4n) is 2.79. The van der Waals surface area contributed by atoms with Crippen molar-refractivity contribution >= 4 is 60.7 Å². The van der Waals surface area contributed by atoms with Crippen LogP contribution in [0.5, 0.6) is 0 Å². The van der Waals surface area contributed by atoms with Crippen LogP contribution in [0, 0.1) is 17.5 Å². The van der Waals surface area contributed by atoms with E-state index in [4.69, 9.17) is 23.2 Å². The molecule has 0 radical (unpaired) electrons. The van der Waals surface area contributed by atoms with Crippen LogP contribution >= 0.6 is 39.1 Å². The Bertz CT molecular complexity index is 1310. The first-order chi connectivity index (χ1) is 15.5. The second kappa shape index (κ2) is 10.4. The van der Waals surface area contributed by atoms with Crippen molar-refractivity contribution in [2.45, 2.75) is 11.4 Å². The van der Waals surface area contributed by atoms with Crippen molar-refractivity contribution < 1.29 is 26.4 Å². The standard InChI is InChI=1S/C21H14BrCl2F3N2O3S/c22-13-2-5-15(6-3-13)33(31,32)29(10-12-1-4-14(23)9-16(12)24)11-19(30)28-18-8-7-17(25)20(26)21(18)27/h1-9H,10-11H2,(H,28,30). The van der Waals surface area contributed by atoms with Crippen molar-refractivity contribution in [1.82, 2.24) is 4.31 Å². The molecule has 0 unspecified atom stereocenters. The molecule has 0 aliphatic rings. The number of carbonyl (C=O) groups excluding carboxylic acids is 1. The SMILES string of the molecule is O=C(CN(Cc1ccc(Cl)cc1Cl)S(=O)(=O)c1ccc(Br)cc1)Nc1ccc(F)c(F)c1F. The Hall–Kier alpha value is -2.11. The Balaban J connectivity index is 1.93. The summed E-state index contributed by atoms with van der Waals surface area (Å²) in [6.45, 7) is -1.09. The van der Waals surface area contributed by atoms with Gasteiger partial charge in [0.15, 0.2) is 17.5 Å². The largest absolute Gasteiger partial charge is 0.322 e. The molecule has 3 aromatic carbocycles. The smallest absolute Gasteiger partial charge is 0.243 e. The van der Waals surface area contributed by atoms with Crippen molar-refractivity contribution in [3.8, 4) is 0 Å². The summed E-state index contributed by atoms with van der Waals surface area (Å²) in [4.78, 5) is 12.5. The first-order valence-corrected chi connectivity index (χ1v) is 12.1. The van der Waals surface area contributed by atoms with E-state index < -0.39 is 45.6 Å². The van der Waals surface area contributed by atoms with E-state index >= 15 is 0 Å². The van der Waals surface area contributed by atoms with Crippen LogP contribution in [-0.2, 0) is 21.4 Å². The van der Waals surface area contributed by atoms with Gasteiger partial charge in [0.2, 0.25) is 15.9 Å². The van der Waals surface area contributed by atoms with E-state index in [1.54, 1.807) is 0 Å². The van der Waals surface area contributed by atoms with Gasteiger partial charge < -0.3 is 5.32 Å². The van der Waals surface area contributed by atoms with Gasteiger partial charge in [0.25, 0.3) is 0 Å². The molecule has 0 aromatic heterocycles. The topological polar surface area (TPSA) is 66.5 Å². The molecule has 0 bridgehead atoms. The van der Waals surface area contributed by atoms with Gasteiger partial charge in [0.1, 0.15) is 0 Å². The van der Waals surface area contributed by atoms with Gasteiger partial charge in [-0.05, 0) is 54.1 Å². The average molecular weight is 582 g/mol. The molecule has 3 rings (SSSR count). The average Bonchev–Trinajstić information content (AvgIpc) is 2.75. The van der Waals surface area contributed by atoms with E-state index in [1.165, 1.54) is 42.5 Å². The summed E-state index contributed by atoms with van der Waals surface area (Å²) in [5.74, 6) is -5.78. The van der Waals surface area contributed by atoms with Gasteiger partial charge >= 0.3 is 0 Å². The highest BCUT2D eigenvalue weighted by molar-refractivity contribution is 9.10. The predicted octanol–water partition coefficient (Wildman–Crippen LogP) is 6.00. The van der Waals surface area contributed by atoms with Gasteiger partial charge in [0.05, 0.1) is 17.1 Å². The first kappa shape index (κ1) is 25.5. The number of nitrogens with zero attached hydrogens (tertiary/aromatic N) is 1. The molecule has 12 heteroatoms. The molecule has 1 amide bonds. The number of hydrogen-bond donors (Lipinski definition) is 1. The van der Waals surface area contributed by atoms with Gasteiger partial charge in [0, 0.05) is 21.1 Å². The quantitative estimate of drug-likeness (QED) is 0.348. The van der Waals surface area contributed by atoms with Gasteiger partial charge in [-0.15, -0.1) is 0 Å². The molecule has 174 valence electrons. The first-order valence-electron chi connectivity index (χ1n) is 9.12. The summed E-state index contributed by atoms with van der Waals surface area (Å²) in [6, 6.07) is 11.6. The number of nitrogens with one attached hydrogen (secondary N) is 1. The minimum Gasteiger partial charge on any atom is -0.322 e. The van der Waals surface area contributed by atoms with E-state index in [0.29, 0.717) is 21.1 Å². The fraction of sp³-hybridized carbons (Fsp3) is 0.0952. The summed E-state index contributed by atoms with van der Waals surface area (Å²) in [5.41, 5.74) is -0.280. The number of halogens is 6. The Morgan fingerprint density at radius 3 is 2.27 bits per heavy atom. The summed E-state index contributed by atoms with van der Waals surface area (Å²) in [5, 5.41) is 2.57. The highest BCUT2D eigenvalue weighted by Gasteiger charge is 2.28. The number of carbonyl (C=O) groups is 1. The van der Waals surface area contributed by atoms with E-state index in [-0.39, 0.29) is 16.5 Å². The third-order valence-corrected chi connectivity index (χ3v) is 7.36. The van der Waals surface area contributed by atoms with Gasteiger partial charge in [-0.25, -0.2) is 21.6 Å². The molecule has 0 heterocycles. The van der Waals surface area contributed by atoms with Gasteiger partial charge in [-0.3, -0.25) is 4.79 Å². The van der Waals surface area contributed by atoms with Crippen LogP contribution in [0.2, 0.25) is 10.0 Å². The van der Waals surface area contributed by atoms with E-state index in [0.717, 1.165) is 10.4 Å². The molecule has 0 aliphatic carbocycles. The summed E-state index contributed by atoms with van der Waals surface area (Å²) in [7, 11) is -4.22. The highest BCUT2D eigenvalue weighted by atomic mass is 79.9. The monoisotopic (exact) mass is 580 g/mol. The third kappa shape index (κ3) is 6.07. The molecule has 5 nitrogen and oxygen atoms in total. The second-order valence-electron chi connectivity index (χ2n) is 6.73. The predicted molar refractivity (Wildman–Crippen MR) is 123 cm³/mol. The maximum Gasteiger partial charge on any atom is 0.243 e. The normalized spacial score (nSPS) is 11.6. The molecular formula is C21H14BrCl2F3N2O3S. The van der Waals surface area contributed by atoms with Crippen LogP contribution in [0.25, 0.3) is 0 Å². The van der Waals surface area contributed by atoms with Crippen molar-refractivity contribution in [2.75, 3.05) is 11.9 Å². The maximum atomic E-state index is 13.9. The van der Waals surface area contributed by atoms with Crippen LogP contribution in [-0.4, -0.2) is 25.2 Å². The lowest BCUT2D eigenvalue weighted by Crippen LogP contribution is -2.37. The Morgan fingerprint density at radius 1 is 0.970 bits per heavy atom. The van der Waals surface area contributed by atoms with Crippen molar-refractivity contribution in [1.29, 1.82) is 0 Å². The molecular weight excluding hydrogens is 568 g/mol. The molecule has 1 N–H and O–H groups in total. The molecule has 0 saturated heterocycles. The lowest BCUT2D eigenvalue weighted by atomic mass is 10.2. The van der Waals surface area contributed by atoms with Crippen LogP contribution in [0.3, 0.4) is 0 Å². The summed E-state index contributed by atoms with van der Waals surface area (Å²) < 4.78 is 68.5. The lowest BCUT2D eigenvalue weighted by molar-refractivity contribution is -0.116. The van der Waals surface area contributed by atoms with Crippen LogP contribution in [0.1, 0.15) is 5.56 Å². The van der Waals surface area contributed by atoms with Crippen LogP contribution in [0.4, 0.5) is 18.9 Å². The van der Waals surface area contributed by atoms with E-state index in [2.05, 4.69) is 21.2 Å². The number of rotatable bonds is 7. The zero-order chi connectivity index (χ0) is 24.3. The minimum absolute atomic E-state index is 0.109. The second-order valence-corrected chi connectivity index (χ2v) is 10.4. The van der Waals surface area contributed by atoms with E-state index in [1.807, 2.05) is 0 Å². The number of amides is 1. The number of hydrogen-bond acceptors (Lipinski definition) is 3. The summed E-state index contributed by atoms with van der Waals surface area (Å²) in [6.07, 6.45) is 0. The minimum atomic E-state index is -4.22. The van der Waals surface area contributed by atoms with Crippen LogP contribution in [0.15, 0.2) is 64.0 Å². The Labute approximate surface area is 206 Å². The zero-order valence-electron chi connectivity index (χ0n) is 16.5. The zero-order valence-corrected chi connectivity index (χ0v) is 20.4. The van der Waals surface area contributed by atoms with E-state index in [9.17, 15) is 26.4 Å². The lowest BCUT2D eigenvalue weighted by Gasteiger charge is -2.22. The van der Waals surface area contributed by atoms with Gasteiger partial charge in [-0.1, -0.05) is 45.2 Å². The van der Waals surface area contributed by atoms with Crippen molar-refractivity contribution in [2.24, 2.45) is 0 Å². The Kier molecular flexibility index (Phi) is 8.07. The molecule has 0 fully saturated rings. The van der Waals surface area contributed by atoms with Crippen molar-refractivity contribution in [3.63, 3.8) is 0 Å². The van der Waals surface area contributed by atoms with Crippen LogP contribution < -0.4 is 5.32 Å². The summed E-state index contributed by atoms with van der Waals surface area (Å²) >= 11 is 15.3. The van der Waals surface area contributed by atoms with Crippen molar-refractivity contribution in [3.05, 3.63) is 92.1 Å².